The highest BCUT2D eigenvalue weighted by atomic mass is 16.3. The molecule has 1 heterocycles. The predicted molar refractivity (Wildman–Crippen MR) is 79.2 cm³/mol. The zero-order valence-corrected chi connectivity index (χ0v) is 12.5. The number of β-amino-alcohol motifs (C(OH)–C–C–N with tert-alkyl or cyclic N) is 1. The lowest BCUT2D eigenvalue weighted by Crippen LogP contribution is -2.51. The van der Waals surface area contributed by atoms with Gasteiger partial charge in [-0.15, -0.1) is 0 Å². The topological polar surface area (TPSA) is 69.8 Å². The van der Waals surface area contributed by atoms with Gasteiger partial charge in [-0.3, -0.25) is 9.69 Å². The van der Waals surface area contributed by atoms with Gasteiger partial charge in [-0.1, -0.05) is 12.8 Å². The molecule has 0 aromatic carbocycles. The zero-order valence-electron chi connectivity index (χ0n) is 12.5. The molecule has 1 saturated heterocycles. The Kier molecular flexibility index (Phi) is 6.26. The maximum atomic E-state index is 12.6. The molecule has 2 fully saturated rings. The zero-order chi connectivity index (χ0) is 14.4. The molecule has 0 radical (unpaired) electrons. The lowest BCUT2D eigenvalue weighted by molar-refractivity contribution is -0.139. The summed E-state index contributed by atoms with van der Waals surface area (Å²) in [6, 6.07) is 0. The molecule has 2 atom stereocenters. The van der Waals surface area contributed by atoms with Crippen LogP contribution in [0.5, 0.6) is 0 Å². The van der Waals surface area contributed by atoms with E-state index in [1.807, 2.05) is 4.90 Å². The van der Waals surface area contributed by atoms with Crippen molar-refractivity contribution in [2.75, 3.05) is 45.9 Å². The van der Waals surface area contributed by atoms with Crippen LogP contribution in [0.2, 0.25) is 0 Å². The Labute approximate surface area is 122 Å². The Hall–Kier alpha value is -0.650. The average molecular weight is 283 g/mol. The SMILES string of the molecule is NCCC1CCCC(C(=O)N2CCN(CCO)CC2)C1. The monoisotopic (exact) mass is 283 g/mol. The van der Waals surface area contributed by atoms with Crippen molar-refractivity contribution in [2.45, 2.75) is 32.1 Å². The Morgan fingerprint density at radius 2 is 1.95 bits per heavy atom. The number of amides is 1. The van der Waals surface area contributed by atoms with Crippen molar-refractivity contribution < 1.29 is 9.90 Å². The molecule has 0 spiro atoms. The van der Waals surface area contributed by atoms with Gasteiger partial charge < -0.3 is 15.7 Å². The first-order chi connectivity index (χ1) is 9.74. The second-order valence-electron chi connectivity index (χ2n) is 6.20. The number of aliphatic hydroxyl groups is 1. The molecule has 0 aromatic rings. The normalized spacial score (nSPS) is 28.6. The van der Waals surface area contributed by atoms with E-state index in [2.05, 4.69) is 4.90 Å². The van der Waals surface area contributed by atoms with Crippen LogP contribution in [0.15, 0.2) is 0 Å². The van der Waals surface area contributed by atoms with Gasteiger partial charge >= 0.3 is 0 Å². The number of nitrogens with two attached hydrogens (primary N) is 1. The van der Waals surface area contributed by atoms with Crippen LogP contribution >= 0.6 is 0 Å². The standard InChI is InChI=1S/C15H29N3O2/c16-5-4-13-2-1-3-14(12-13)15(20)18-8-6-17(7-9-18)10-11-19/h13-14,19H,1-12,16H2. The Morgan fingerprint density at radius 3 is 2.60 bits per heavy atom. The third-order valence-electron chi connectivity index (χ3n) is 4.81. The number of nitrogens with zero attached hydrogens (tertiary/aromatic N) is 2. The Balaban J connectivity index is 1.79. The summed E-state index contributed by atoms with van der Waals surface area (Å²) >= 11 is 0. The molecule has 2 rings (SSSR count). The highest BCUT2D eigenvalue weighted by Crippen LogP contribution is 2.32. The number of carbonyl (C=O) groups excluding carboxylic acids is 1. The van der Waals surface area contributed by atoms with Crippen LogP contribution in [0.1, 0.15) is 32.1 Å². The van der Waals surface area contributed by atoms with Crippen LogP contribution < -0.4 is 5.73 Å². The fraction of sp³-hybridized carbons (Fsp3) is 0.933. The number of rotatable bonds is 5. The van der Waals surface area contributed by atoms with Crippen molar-refractivity contribution in [3.8, 4) is 0 Å². The van der Waals surface area contributed by atoms with E-state index in [1.54, 1.807) is 0 Å². The highest BCUT2D eigenvalue weighted by molar-refractivity contribution is 5.79. The summed E-state index contributed by atoms with van der Waals surface area (Å²) in [4.78, 5) is 16.8. The molecule has 3 N–H and O–H groups in total. The predicted octanol–water partition coefficient (Wildman–Crippen LogP) is 0.278. The van der Waals surface area contributed by atoms with E-state index in [1.165, 1.54) is 12.8 Å². The van der Waals surface area contributed by atoms with Crippen molar-refractivity contribution in [2.24, 2.45) is 17.6 Å². The molecule has 1 saturated carbocycles. The second kappa shape index (κ2) is 7.96. The molecule has 1 aliphatic carbocycles. The molecule has 5 heteroatoms. The quantitative estimate of drug-likeness (QED) is 0.760. The van der Waals surface area contributed by atoms with Gasteiger partial charge in [0.05, 0.1) is 6.61 Å². The summed E-state index contributed by atoms with van der Waals surface area (Å²) in [5.41, 5.74) is 5.65. The van der Waals surface area contributed by atoms with Gasteiger partial charge in [0.25, 0.3) is 0 Å². The molecule has 20 heavy (non-hydrogen) atoms. The summed E-state index contributed by atoms with van der Waals surface area (Å²) in [6.07, 6.45) is 5.56. The second-order valence-corrected chi connectivity index (χ2v) is 6.20. The van der Waals surface area contributed by atoms with Gasteiger partial charge in [-0.2, -0.15) is 0 Å². The fourth-order valence-corrected chi connectivity index (χ4v) is 3.60. The van der Waals surface area contributed by atoms with E-state index in [-0.39, 0.29) is 12.5 Å². The van der Waals surface area contributed by atoms with Crippen molar-refractivity contribution in [3.05, 3.63) is 0 Å². The average Bonchev–Trinajstić information content (AvgIpc) is 2.48. The van der Waals surface area contributed by atoms with E-state index < -0.39 is 0 Å². The molecule has 0 bridgehead atoms. The molecular formula is C15H29N3O2. The summed E-state index contributed by atoms with van der Waals surface area (Å²) in [6.45, 7) is 5.09. The third kappa shape index (κ3) is 4.17. The number of carbonyl (C=O) groups is 1. The highest BCUT2D eigenvalue weighted by Gasteiger charge is 2.31. The molecule has 116 valence electrons. The number of piperazine rings is 1. The van der Waals surface area contributed by atoms with Gasteiger partial charge in [0.1, 0.15) is 0 Å². The van der Waals surface area contributed by atoms with Gasteiger partial charge in [0.2, 0.25) is 5.91 Å². The number of hydrogen-bond acceptors (Lipinski definition) is 4. The van der Waals surface area contributed by atoms with Crippen molar-refractivity contribution in [3.63, 3.8) is 0 Å². The molecule has 2 unspecified atom stereocenters. The van der Waals surface area contributed by atoms with Crippen LogP contribution in [0.4, 0.5) is 0 Å². The molecule has 5 nitrogen and oxygen atoms in total. The van der Waals surface area contributed by atoms with Crippen molar-refractivity contribution >= 4 is 5.91 Å². The number of hydrogen-bond donors (Lipinski definition) is 2. The lowest BCUT2D eigenvalue weighted by Gasteiger charge is -2.38. The largest absolute Gasteiger partial charge is 0.395 e. The molecule has 2 aliphatic rings. The van der Waals surface area contributed by atoms with E-state index >= 15 is 0 Å². The minimum atomic E-state index is 0.206. The van der Waals surface area contributed by atoms with Crippen LogP contribution in [0, 0.1) is 11.8 Å². The third-order valence-corrected chi connectivity index (χ3v) is 4.81. The molecule has 0 aromatic heterocycles. The summed E-state index contributed by atoms with van der Waals surface area (Å²) in [5, 5.41) is 8.94. The molecule has 1 amide bonds. The van der Waals surface area contributed by atoms with Gasteiger partial charge in [0, 0.05) is 38.6 Å². The summed E-state index contributed by atoms with van der Waals surface area (Å²) in [7, 11) is 0. The van der Waals surface area contributed by atoms with Gasteiger partial charge in [0.15, 0.2) is 0 Å². The first-order valence-electron chi connectivity index (χ1n) is 8.06. The molecular weight excluding hydrogens is 254 g/mol. The summed E-state index contributed by atoms with van der Waals surface area (Å²) < 4.78 is 0. The van der Waals surface area contributed by atoms with Gasteiger partial charge in [-0.05, 0) is 31.7 Å². The summed E-state index contributed by atoms with van der Waals surface area (Å²) in [5.74, 6) is 1.23. The van der Waals surface area contributed by atoms with E-state index in [0.717, 1.165) is 58.5 Å². The lowest BCUT2D eigenvalue weighted by atomic mass is 9.79. The van der Waals surface area contributed by atoms with Crippen molar-refractivity contribution in [1.82, 2.24) is 9.80 Å². The fourth-order valence-electron chi connectivity index (χ4n) is 3.60. The minimum absolute atomic E-state index is 0.206. The van der Waals surface area contributed by atoms with Crippen LogP contribution in [0.3, 0.4) is 0 Å². The van der Waals surface area contributed by atoms with Crippen LogP contribution in [-0.2, 0) is 4.79 Å². The maximum absolute atomic E-state index is 12.6. The Morgan fingerprint density at radius 1 is 1.20 bits per heavy atom. The van der Waals surface area contributed by atoms with E-state index in [0.29, 0.717) is 11.8 Å². The van der Waals surface area contributed by atoms with E-state index in [9.17, 15) is 4.79 Å². The minimum Gasteiger partial charge on any atom is -0.395 e. The maximum Gasteiger partial charge on any atom is 0.225 e. The number of aliphatic hydroxyl groups excluding tert-OH is 1. The first kappa shape index (κ1) is 15.7. The van der Waals surface area contributed by atoms with E-state index in [4.69, 9.17) is 10.8 Å². The van der Waals surface area contributed by atoms with Crippen molar-refractivity contribution in [1.29, 1.82) is 0 Å². The van der Waals surface area contributed by atoms with Crippen LogP contribution in [0.25, 0.3) is 0 Å². The Bertz CT molecular complexity index is 301. The van der Waals surface area contributed by atoms with Gasteiger partial charge in [-0.25, -0.2) is 0 Å². The first-order valence-corrected chi connectivity index (χ1v) is 8.06. The smallest absolute Gasteiger partial charge is 0.225 e. The molecule has 1 aliphatic heterocycles. The van der Waals surface area contributed by atoms with Crippen LogP contribution in [-0.4, -0.2) is 66.7 Å².